The Kier molecular flexibility index (Phi) is 3.49. The van der Waals surface area contributed by atoms with Gasteiger partial charge in [0.05, 0.1) is 23.8 Å². The molecule has 0 radical (unpaired) electrons. The minimum Gasteiger partial charge on any atom is -0.390 e. The lowest BCUT2D eigenvalue weighted by molar-refractivity contribution is -0.0281. The van der Waals surface area contributed by atoms with Gasteiger partial charge in [-0.2, -0.15) is 0 Å². The van der Waals surface area contributed by atoms with Gasteiger partial charge in [-0.3, -0.25) is 4.98 Å². The third kappa shape index (κ3) is 2.77. The van der Waals surface area contributed by atoms with Gasteiger partial charge in [-0.1, -0.05) is 24.3 Å². The largest absolute Gasteiger partial charge is 0.390 e. The highest BCUT2D eigenvalue weighted by Crippen LogP contribution is 2.23. The summed E-state index contributed by atoms with van der Waals surface area (Å²) in [5, 5.41) is 11.4. The van der Waals surface area contributed by atoms with Crippen LogP contribution in [0.5, 0.6) is 0 Å². The van der Waals surface area contributed by atoms with Crippen LogP contribution in [0.3, 0.4) is 0 Å². The summed E-state index contributed by atoms with van der Waals surface area (Å²) in [5.74, 6) is 0. The van der Waals surface area contributed by atoms with Crippen LogP contribution in [-0.4, -0.2) is 28.4 Å². The predicted molar refractivity (Wildman–Crippen MR) is 75.0 cm³/mol. The van der Waals surface area contributed by atoms with E-state index in [9.17, 15) is 5.11 Å². The number of ether oxygens (including phenoxy) is 1. The Balaban J connectivity index is 1.74. The first-order valence-corrected chi connectivity index (χ1v) is 6.90. The molecule has 1 fully saturated rings. The van der Waals surface area contributed by atoms with Gasteiger partial charge in [-0.05, 0) is 31.9 Å². The van der Waals surface area contributed by atoms with Crippen molar-refractivity contribution in [1.82, 2.24) is 4.98 Å². The second-order valence-corrected chi connectivity index (χ2v) is 5.33. The fourth-order valence-electron chi connectivity index (χ4n) is 2.68. The van der Waals surface area contributed by atoms with Crippen molar-refractivity contribution in [2.75, 3.05) is 0 Å². The molecule has 3 unspecified atom stereocenters. The molecule has 3 atom stereocenters. The number of nitrogens with zero attached hydrogens (tertiary/aromatic N) is 1. The van der Waals surface area contributed by atoms with Crippen LogP contribution < -0.4 is 0 Å². The van der Waals surface area contributed by atoms with E-state index < -0.39 is 6.10 Å². The molecule has 0 aliphatic carbocycles. The summed E-state index contributed by atoms with van der Waals surface area (Å²) in [7, 11) is 0. The average Bonchev–Trinajstić information content (AvgIpc) is 2.85. The lowest BCUT2D eigenvalue weighted by Gasteiger charge is -2.18. The van der Waals surface area contributed by atoms with Gasteiger partial charge in [-0.15, -0.1) is 0 Å². The second-order valence-electron chi connectivity index (χ2n) is 5.33. The number of benzene rings is 1. The molecule has 1 aromatic carbocycles. The average molecular weight is 257 g/mol. The van der Waals surface area contributed by atoms with Crippen LogP contribution in [0, 0.1) is 0 Å². The van der Waals surface area contributed by atoms with Gasteiger partial charge in [0, 0.05) is 17.5 Å². The van der Waals surface area contributed by atoms with Gasteiger partial charge < -0.3 is 9.84 Å². The number of aliphatic hydroxyl groups excluding tert-OH is 1. The second kappa shape index (κ2) is 5.27. The predicted octanol–water partition coefficient (Wildman–Crippen LogP) is 2.71. The monoisotopic (exact) mass is 257 g/mol. The van der Waals surface area contributed by atoms with E-state index in [0.717, 1.165) is 29.4 Å². The van der Waals surface area contributed by atoms with Crippen LogP contribution in [0.4, 0.5) is 0 Å². The van der Waals surface area contributed by atoms with Gasteiger partial charge in [-0.25, -0.2) is 0 Å². The maximum absolute atomic E-state index is 10.2. The Morgan fingerprint density at radius 3 is 2.89 bits per heavy atom. The normalized spacial score (nSPS) is 24.7. The first-order chi connectivity index (χ1) is 9.22. The number of hydrogen-bond donors (Lipinski definition) is 1. The third-order valence-corrected chi connectivity index (χ3v) is 3.77. The zero-order chi connectivity index (χ0) is 13.2. The zero-order valence-electron chi connectivity index (χ0n) is 11.1. The first kappa shape index (κ1) is 12.6. The van der Waals surface area contributed by atoms with Crippen LogP contribution in [0.25, 0.3) is 10.9 Å². The van der Waals surface area contributed by atoms with E-state index in [1.807, 2.05) is 30.3 Å². The molecule has 1 aromatic heterocycles. The number of pyridine rings is 1. The molecule has 1 aliphatic heterocycles. The number of rotatable bonds is 3. The van der Waals surface area contributed by atoms with E-state index >= 15 is 0 Å². The fraction of sp³-hybridized carbons (Fsp3) is 0.438. The molecule has 100 valence electrons. The number of para-hydroxylation sites is 1. The Labute approximate surface area is 113 Å². The lowest BCUT2D eigenvalue weighted by Crippen LogP contribution is -2.28. The van der Waals surface area contributed by atoms with Crippen molar-refractivity contribution in [3.05, 3.63) is 42.1 Å². The van der Waals surface area contributed by atoms with Crippen molar-refractivity contribution in [1.29, 1.82) is 0 Å². The first-order valence-electron chi connectivity index (χ1n) is 6.90. The van der Waals surface area contributed by atoms with E-state index in [2.05, 4.69) is 18.0 Å². The van der Waals surface area contributed by atoms with Crippen LogP contribution in [-0.2, 0) is 11.2 Å². The van der Waals surface area contributed by atoms with Crippen molar-refractivity contribution < 1.29 is 9.84 Å². The molecule has 0 bridgehead atoms. The van der Waals surface area contributed by atoms with Gasteiger partial charge in [0.2, 0.25) is 0 Å². The Bertz CT molecular complexity index is 569. The van der Waals surface area contributed by atoms with E-state index in [4.69, 9.17) is 4.74 Å². The summed E-state index contributed by atoms with van der Waals surface area (Å²) >= 11 is 0. The maximum Gasteiger partial charge on any atom is 0.0857 e. The van der Waals surface area contributed by atoms with Gasteiger partial charge in [0.1, 0.15) is 0 Å². The van der Waals surface area contributed by atoms with E-state index in [1.165, 1.54) is 0 Å². The Morgan fingerprint density at radius 1 is 1.26 bits per heavy atom. The number of aliphatic hydroxyl groups is 1. The molecule has 2 heterocycles. The summed E-state index contributed by atoms with van der Waals surface area (Å²) in [6.07, 6.45) is 2.30. The highest BCUT2D eigenvalue weighted by Gasteiger charge is 2.28. The molecular weight excluding hydrogens is 238 g/mol. The molecular formula is C16H19NO2. The number of aromatic nitrogens is 1. The molecule has 3 nitrogen and oxygen atoms in total. The van der Waals surface area contributed by atoms with Crippen molar-refractivity contribution in [2.24, 2.45) is 0 Å². The van der Waals surface area contributed by atoms with Crippen LogP contribution in [0.1, 0.15) is 25.5 Å². The maximum atomic E-state index is 10.2. The molecule has 2 aromatic rings. The molecule has 1 saturated heterocycles. The SMILES string of the molecule is CC1CCC(C(O)Cc2ccc3ccccc3n2)O1. The van der Waals surface area contributed by atoms with Crippen molar-refractivity contribution in [3.8, 4) is 0 Å². The fourth-order valence-corrected chi connectivity index (χ4v) is 2.68. The van der Waals surface area contributed by atoms with E-state index in [1.54, 1.807) is 0 Å². The van der Waals surface area contributed by atoms with Crippen molar-refractivity contribution >= 4 is 10.9 Å². The van der Waals surface area contributed by atoms with Crippen molar-refractivity contribution in [3.63, 3.8) is 0 Å². The zero-order valence-corrected chi connectivity index (χ0v) is 11.1. The molecule has 0 amide bonds. The summed E-state index contributed by atoms with van der Waals surface area (Å²) in [4.78, 5) is 4.59. The summed E-state index contributed by atoms with van der Waals surface area (Å²) < 4.78 is 5.70. The summed E-state index contributed by atoms with van der Waals surface area (Å²) in [6, 6.07) is 12.1. The Morgan fingerprint density at radius 2 is 2.11 bits per heavy atom. The molecule has 19 heavy (non-hydrogen) atoms. The van der Waals surface area contributed by atoms with Crippen LogP contribution >= 0.6 is 0 Å². The van der Waals surface area contributed by atoms with Gasteiger partial charge in [0.15, 0.2) is 0 Å². The van der Waals surface area contributed by atoms with Gasteiger partial charge >= 0.3 is 0 Å². The quantitative estimate of drug-likeness (QED) is 0.919. The Hall–Kier alpha value is -1.45. The summed E-state index contributed by atoms with van der Waals surface area (Å²) in [6.45, 7) is 2.06. The van der Waals surface area contributed by atoms with E-state index in [0.29, 0.717) is 6.42 Å². The van der Waals surface area contributed by atoms with Crippen molar-refractivity contribution in [2.45, 2.75) is 44.5 Å². The smallest absolute Gasteiger partial charge is 0.0857 e. The molecule has 3 heteroatoms. The number of hydrogen-bond acceptors (Lipinski definition) is 3. The highest BCUT2D eigenvalue weighted by molar-refractivity contribution is 5.78. The number of fused-ring (bicyclic) bond motifs is 1. The molecule has 3 rings (SSSR count). The van der Waals surface area contributed by atoms with Crippen LogP contribution in [0.15, 0.2) is 36.4 Å². The third-order valence-electron chi connectivity index (χ3n) is 3.77. The van der Waals surface area contributed by atoms with Crippen LogP contribution in [0.2, 0.25) is 0 Å². The van der Waals surface area contributed by atoms with Gasteiger partial charge in [0.25, 0.3) is 0 Å². The van der Waals surface area contributed by atoms with E-state index in [-0.39, 0.29) is 12.2 Å². The topological polar surface area (TPSA) is 42.4 Å². The molecule has 0 saturated carbocycles. The highest BCUT2D eigenvalue weighted by atomic mass is 16.5. The standard InChI is InChI=1S/C16H19NO2/c1-11-6-9-16(19-11)15(18)10-13-8-7-12-4-2-3-5-14(12)17-13/h2-5,7-8,11,15-16,18H,6,9-10H2,1H3. The molecule has 1 aliphatic rings. The molecule has 0 spiro atoms. The lowest BCUT2D eigenvalue weighted by atomic mass is 10.0. The minimum atomic E-state index is -0.460. The minimum absolute atomic E-state index is 0.0386. The molecule has 1 N–H and O–H groups in total. The summed E-state index contributed by atoms with van der Waals surface area (Å²) in [5.41, 5.74) is 1.90.